The van der Waals surface area contributed by atoms with Gasteiger partial charge >= 0.3 is 18.0 Å². The molecule has 0 saturated heterocycles. The fourth-order valence-electron chi connectivity index (χ4n) is 0.884. The summed E-state index contributed by atoms with van der Waals surface area (Å²) in [5.74, 6) is -5.26. The van der Waals surface area contributed by atoms with Crippen LogP contribution in [0.2, 0.25) is 0 Å². The highest BCUT2D eigenvalue weighted by Crippen LogP contribution is 2.08. The molecule has 112 valence electrons. The summed E-state index contributed by atoms with van der Waals surface area (Å²) in [7, 11) is 1.22. The molecule has 0 aromatic rings. The fourth-order valence-corrected chi connectivity index (χ4v) is 0.884. The number of hydrogen-bond acceptors (Lipinski definition) is 6. The number of hydrogen-bond donors (Lipinski definition) is 3. The number of ether oxygens (including phenoxy) is 1. The van der Waals surface area contributed by atoms with Crippen molar-refractivity contribution in [2.75, 3.05) is 7.05 Å². The number of ketones is 1. The van der Waals surface area contributed by atoms with Gasteiger partial charge in [-0.2, -0.15) is 0 Å². The van der Waals surface area contributed by atoms with Crippen molar-refractivity contribution in [2.24, 2.45) is 0 Å². The predicted octanol–water partition coefficient (Wildman–Crippen LogP) is -0.0199. The number of rotatable bonds is 5. The van der Waals surface area contributed by atoms with E-state index in [1.165, 1.54) is 7.05 Å². The molecule has 0 bridgehead atoms. The lowest BCUT2D eigenvalue weighted by Gasteiger charge is -2.24. The normalized spacial score (nSPS) is 11.5. The minimum absolute atomic E-state index is 0.600. The molecule has 0 aliphatic rings. The highest BCUT2D eigenvalue weighted by atomic mass is 16.6. The average molecular weight is 288 g/mol. The minimum Gasteiger partial charge on any atom is -0.477 e. The number of Topliss-reactive ketones (excluding diaryl/α,β-unsaturated/α-hetero) is 1. The number of nitrogens with zero attached hydrogens (tertiary/aromatic N) is 1. The van der Waals surface area contributed by atoms with E-state index in [1.807, 2.05) is 0 Å². The van der Waals surface area contributed by atoms with Crippen molar-refractivity contribution in [2.45, 2.75) is 26.4 Å². The SMILES string of the molecule is CN(N/C=C(\C(=O)O)C(=O)C(=O)O)C(=O)OC(C)(C)C. The first-order valence-electron chi connectivity index (χ1n) is 5.39. The van der Waals surface area contributed by atoms with Crippen molar-refractivity contribution < 1.29 is 34.1 Å². The Bertz CT molecular complexity index is 462. The van der Waals surface area contributed by atoms with Crippen LogP contribution in [-0.4, -0.2) is 51.7 Å². The van der Waals surface area contributed by atoms with E-state index in [0.717, 1.165) is 5.01 Å². The lowest BCUT2D eigenvalue weighted by molar-refractivity contribution is -0.149. The molecular weight excluding hydrogens is 272 g/mol. The molecule has 0 aliphatic heterocycles. The molecule has 20 heavy (non-hydrogen) atoms. The molecule has 0 atom stereocenters. The zero-order valence-corrected chi connectivity index (χ0v) is 11.5. The van der Waals surface area contributed by atoms with Gasteiger partial charge in [-0.15, -0.1) is 0 Å². The topological polar surface area (TPSA) is 133 Å². The Balaban J connectivity index is 4.88. The molecule has 0 heterocycles. The quantitative estimate of drug-likeness (QED) is 0.211. The summed E-state index contributed by atoms with van der Waals surface area (Å²) in [6.07, 6.45) is -0.232. The summed E-state index contributed by atoms with van der Waals surface area (Å²) in [6.45, 7) is 4.89. The van der Waals surface area contributed by atoms with Crippen LogP contribution in [0.1, 0.15) is 20.8 Å². The second kappa shape index (κ2) is 6.55. The molecule has 0 unspecified atom stereocenters. The summed E-state index contributed by atoms with van der Waals surface area (Å²) in [6, 6.07) is 0. The molecule has 0 radical (unpaired) electrons. The molecule has 0 rings (SSSR count). The molecule has 9 nitrogen and oxygen atoms in total. The van der Waals surface area contributed by atoms with Crippen molar-refractivity contribution in [3.05, 3.63) is 11.8 Å². The lowest BCUT2D eigenvalue weighted by Crippen LogP contribution is -2.41. The van der Waals surface area contributed by atoms with Crippen LogP contribution in [0.3, 0.4) is 0 Å². The van der Waals surface area contributed by atoms with Crippen LogP contribution in [0, 0.1) is 0 Å². The third-order valence-corrected chi connectivity index (χ3v) is 1.74. The summed E-state index contributed by atoms with van der Waals surface area (Å²) in [5.41, 5.74) is 0.373. The van der Waals surface area contributed by atoms with Gasteiger partial charge in [0.25, 0.3) is 5.78 Å². The summed E-state index contributed by atoms with van der Waals surface area (Å²) in [5, 5.41) is 17.9. The van der Waals surface area contributed by atoms with Gasteiger partial charge in [-0.25, -0.2) is 19.4 Å². The Morgan fingerprint density at radius 2 is 1.60 bits per heavy atom. The lowest BCUT2D eigenvalue weighted by atomic mass is 10.2. The second-order valence-corrected chi connectivity index (χ2v) is 4.67. The van der Waals surface area contributed by atoms with Gasteiger partial charge in [0.1, 0.15) is 11.2 Å². The first-order valence-corrected chi connectivity index (χ1v) is 5.39. The van der Waals surface area contributed by atoms with Crippen LogP contribution in [0.5, 0.6) is 0 Å². The molecule has 3 N–H and O–H groups in total. The van der Waals surface area contributed by atoms with Crippen molar-refractivity contribution in [1.29, 1.82) is 0 Å². The Morgan fingerprint density at radius 1 is 1.10 bits per heavy atom. The van der Waals surface area contributed by atoms with E-state index in [9.17, 15) is 19.2 Å². The average Bonchev–Trinajstić information content (AvgIpc) is 2.25. The van der Waals surface area contributed by atoms with Crippen LogP contribution >= 0.6 is 0 Å². The number of hydrazine groups is 1. The van der Waals surface area contributed by atoms with Crippen LogP contribution in [0.15, 0.2) is 11.8 Å². The minimum atomic E-state index is -1.92. The number of carboxylic acids is 2. The standard InChI is InChI=1S/C11H16N2O7/c1-11(2,3)20-10(19)13(4)12-5-6(8(15)16)7(14)9(17)18/h5,12H,1-4H3,(H,15,16)(H,17,18)/b6-5-. The van der Waals surface area contributed by atoms with E-state index in [-0.39, 0.29) is 0 Å². The van der Waals surface area contributed by atoms with Gasteiger partial charge in [0.2, 0.25) is 0 Å². The van der Waals surface area contributed by atoms with Crippen molar-refractivity contribution in [1.82, 2.24) is 10.4 Å². The molecule has 0 spiro atoms. The van der Waals surface area contributed by atoms with E-state index in [0.29, 0.717) is 6.20 Å². The first-order chi connectivity index (χ1) is 8.95. The number of nitrogens with one attached hydrogen (secondary N) is 1. The highest BCUT2D eigenvalue weighted by Gasteiger charge is 2.25. The maximum atomic E-state index is 11.5. The Kier molecular flexibility index (Phi) is 5.70. The highest BCUT2D eigenvalue weighted by molar-refractivity contribution is 6.45. The number of carboxylic acid groups (broad SMARTS) is 2. The molecule has 0 aromatic carbocycles. The van der Waals surface area contributed by atoms with E-state index >= 15 is 0 Å². The fraction of sp³-hybridized carbons (Fsp3) is 0.455. The molecule has 9 heteroatoms. The number of carbonyl (C=O) groups is 4. The van der Waals surface area contributed by atoms with Gasteiger partial charge in [-0.1, -0.05) is 0 Å². The van der Waals surface area contributed by atoms with Crippen molar-refractivity contribution in [3.8, 4) is 0 Å². The van der Waals surface area contributed by atoms with Gasteiger partial charge in [0.15, 0.2) is 0 Å². The zero-order chi connectivity index (χ0) is 16.1. The van der Waals surface area contributed by atoms with Gasteiger partial charge in [-0.3, -0.25) is 10.2 Å². The Morgan fingerprint density at radius 3 is 1.95 bits per heavy atom. The number of amides is 1. The molecule has 0 fully saturated rings. The van der Waals surface area contributed by atoms with Crippen LogP contribution in [-0.2, 0) is 19.1 Å². The molecule has 0 saturated carbocycles. The summed E-state index contributed by atoms with van der Waals surface area (Å²) >= 11 is 0. The molecule has 1 amide bonds. The van der Waals surface area contributed by atoms with Crippen LogP contribution in [0.4, 0.5) is 4.79 Å². The maximum Gasteiger partial charge on any atom is 0.428 e. The maximum absolute atomic E-state index is 11.5. The van der Waals surface area contributed by atoms with Crippen molar-refractivity contribution >= 4 is 23.8 Å². The largest absolute Gasteiger partial charge is 0.477 e. The first kappa shape index (κ1) is 17.4. The van der Waals surface area contributed by atoms with E-state index < -0.39 is 35.0 Å². The van der Waals surface area contributed by atoms with Crippen LogP contribution < -0.4 is 5.43 Å². The van der Waals surface area contributed by atoms with E-state index in [2.05, 4.69) is 5.43 Å². The van der Waals surface area contributed by atoms with Crippen LogP contribution in [0.25, 0.3) is 0 Å². The van der Waals surface area contributed by atoms with E-state index in [4.69, 9.17) is 14.9 Å². The number of carbonyl (C=O) groups excluding carboxylic acids is 2. The van der Waals surface area contributed by atoms with Gasteiger partial charge < -0.3 is 14.9 Å². The molecular formula is C11H16N2O7. The van der Waals surface area contributed by atoms with Gasteiger partial charge in [0, 0.05) is 13.2 Å². The van der Waals surface area contributed by atoms with E-state index in [1.54, 1.807) is 20.8 Å². The molecule has 0 aromatic heterocycles. The zero-order valence-electron chi connectivity index (χ0n) is 11.5. The molecule has 0 aliphatic carbocycles. The number of aliphatic carboxylic acids is 2. The van der Waals surface area contributed by atoms with Gasteiger partial charge in [-0.05, 0) is 20.8 Å². The Hall–Kier alpha value is -2.58. The smallest absolute Gasteiger partial charge is 0.428 e. The Labute approximate surface area is 114 Å². The third kappa shape index (κ3) is 5.85. The predicted molar refractivity (Wildman–Crippen MR) is 65.5 cm³/mol. The second-order valence-electron chi connectivity index (χ2n) is 4.67. The monoisotopic (exact) mass is 288 g/mol. The third-order valence-electron chi connectivity index (χ3n) is 1.74. The summed E-state index contributed by atoms with van der Waals surface area (Å²) < 4.78 is 4.95. The summed E-state index contributed by atoms with van der Waals surface area (Å²) in [4.78, 5) is 43.7. The van der Waals surface area contributed by atoms with Crippen molar-refractivity contribution in [3.63, 3.8) is 0 Å². The van der Waals surface area contributed by atoms with Gasteiger partial charge in [0.05, 0.1) is 0 Å².